The summed E-state index contributed by atoms with van der Waals surface area (Å²) < 4.78 is 0. The summed E-state index contributed by atoms with van der Waals surface area (Å²) in [4.78, 5) is 14.0. The molecule has 4 rings (SSSR count). The normalized spacial score (nSPS) is 21.3. The van der Waals surface area contributed by atoms with E-state index >= 15 is 0 Å². The highest BCUT2D eigenvalue weighted by atomic mass is 32.2. The number of nitrogens with zero attached hydrogens (tertiary/aromatic N) is 4. The third kappa shape index (κ3) is 3.22. The molecule has 0 N–H and O–H groups in total. The molecule has 0 aliphatic carbocycles. The molecule has 0 radical (unpaired) electrons. The summed E-state index contributed by atoms with van der Waals surface area (Å²) in [5.41, 5.74) is 2.73. The molecule has 5 heteroatoms. The molecule has 0 amide bonds. The van der Waals surface area contributed by atoms with Gasteiger partial charge in [0.05, 0.1) is 6.04 Å². The van der Waals surface area contributed by atoms with Crippen molar-refractivity contribution in [2.45, 2.75) is 25.8 Å². The maximum Gasteiger partial charge on any atom is 0.134 e. The summed E-state index contributed by atoms with van der Waals surface area (Å²) in [6.07, 6.45) is 4.15. The Morgan fingerprint density at radius 2 is 1.88 bits per heavy atom. The van der Waals surface area contributed by atoms with Gasteiger partial charge >= 0.3 is 0 Å². The maximum absolute atomic E-state index is 4.60. The van der Waals surface area contributed by atoms with E-state index in [1.165, 1.54) is 35.5 Å². The Kier molecular flexibility index (Phi) is 4.60. The summed E-state index contributed by atoms with van der Waals surface area (Å²) >= 11 is 2.03. The van der Waals surface area contributed by atoms with Gasteiger partial charge in [-0.1, -0.05) is 29.8 Å². The van der Waals surface area contributed by atoms with Crippen LogP contribution in [0.4, 0.5) is 11.6 Å². The van der Waals surface area contributed by atoms with Crippen LogP contribution in [-0.2, 0) is 0 Å². The Bertz CT molecular complexity index is 699. The van der Waals surface area contributed by atoms with Crippen LogP contribution >= 0.6 is 11.8 Å². The monoisotopic (exact) mass is 340 g/mol. The van der Waals surface area contributed by atoms with Crippen molar-refractivity contribution in [1.82, 2.24) is 9.97 Å². The van der Waals surface area contributed by atoms with Gasteiger partial charge in [0.15, 0.2) is 0 Å². The first-order valence-corrected chi connectivity index (χ1v) is 9.95. The van der Waals surface area contributed by atoms with Gasteiger partial charge in [-0.15, -0.1) is 0 Å². The van der Waals surface area contributed by atoms with Crippen LogP contribution < -0.4 is 9.80 Å². The molecule has 1 atom stereocenters. The number of benzene rings is 1. The minimum Gasteiger partial charge on any atom is -0.355 e. The lowest BCUT2D eigenvalue weighted by Crippen LogP contribution is -2.33. The molecule has 3 heterocycles. The predicted molar refractivity (Wildman–Crippen MR) is 102 cm³/mol. The van der Waals surface area contributed by atoms with Gasteiger partial charge in [-0.3, -0.25) is 0 Å². The zero-order valence-corrected chi connectivity index (χ0v) is 15.0. The number of rotatable bonds is 3. The van der Waals surface area contributed by atoms with Crippen LogP contribution in [0.2, 0.25) is 0 Å². The second-order valence-corrected chi connectivity index (χ2v) is 7.82. The quantitative estimate of drug-likeness (QED) is 0.851. The van der Waals surface area contributed by atoms with Crippen molar-refractivity contribution in [1.29, 1.82) is 0 Å². The zero-order valence-electron chi connectivity index (χ0n) is 14.2. The standard InChI is InChI=1S/C19H24N4S/c1-15-4-2-5-16(12-15)17-6-3-7-23(17)19-13-18(20-14-21-19)22-8-10-24-11-9-22/h2,4-5,12-14,17H,3,6-11H2,1H3. The van der Waals surface area contributed by atoms with Crippen LogP contribution in [-0.4, -0.2) is 41.1 Å². The Morgan fingerprint density at radius 1 is 1.04 bits per heavy atom. The molecule has 2 fully saturated rings. The summed E-state index contributed by atoms with van der Waals surface area (Å²) in [5, 5.41) is 0. The van der Waals surface area contributed by atoms with Gasteiger partial charge in [-0.05, 0) is 25.3 Å². The Labute approximate surface area is 148 Å². The maximum atomic E-state index is 4.60. The third-order valence-electron chi connectivity index (χ3n) is 4.95. The van der Waals surface area contributed by atoms with Crippen LogP contribution in [0.5, 0.6) is 0 Å². The first-order valence-electron chi connectivity index (χ1n) is 8.79. The van der Waals surface area contributed by atoms with Crippen molar-refractivity contribution in [3.8, 4) is 0 Å². The van der Waals surface area contributed by atoms with E-state index in [9.17, 15) is 0 Å². The number of hydrogen-bond acceptors (Lipinski definition) is 5. The van der Waals surface area contributed by atoms with E-state index in [4.69, 9.17) is 0 Å². The lowest BCUT2D eigenvalue weighted by molar-refractivity contribution is 0.708. The van der Waals surface area contributed by atoms with E-state index < -0.39 is 0 Å². The fourth-order valence-electron chi connectivity index (χ4n) is 3.72. The van der Waals surface area contributed by atoms with Gasteiger partial charge in [0.1, 0.15) is 18.0 Å². The van der Waals surface area contributed by atoms with Crippen molar-refractivity contribution in [2.24, 2.45) is 0 Å². The summed E-state index contributed by atoms with van der Waals surface area (Å²) in [6, 6.07) is 11.5. The van der Waals surface area contributed by atoms with Gasteiger partial charge in [-0.25, -0.2) is 9.97 Å². The minimum atomic E-state index is 0.435. The van der Waals surface area contributed by atoms with Gasteiger partial charge in [0.25, 0.3) is 0 Å². The first kappa shape index (κ1) is 15.8. The van der Waals surface area contributed by atoms with E-state index in [0.29, 0.717) is 6.04 Å². The molecule has 2 aliphatic rings. The largest absolute Gasteiger partial charge is 0.355 e. The molecule has 126 valence electrons. The third-order valence-corrected chi connectivity index (χ3v) is 5.89. The van der Waals surface area contributed by atoms with Crippen LogP contribution in [0.3, 0.4) is 0 Å². The summed E-state index contributed by atoms with van der Waals surface area (Å²) in [7, 11) is 0. The molecule has 0 saturated carbocycles. The molecule has 0 bridgehead atoms. The highest BCUT2D eigenvalue weighted by Gasteiger charge is 2.27. The molecule has 1 aromatic heterocycles. The van der Waals surface area contributed by atoms with Crippen molar-refractivity contribution in [3.63, 3.8) is 0 Å². The topological polar surface area (TPSA) is 32.3 Å². The highest BCUT2D eigenvalue weighted by Crippen LogP contribution is 2.36. The molecule has 4 nitrogen and oxygen atoms in total. The van der Waals surface area contributed by atoms with Gasteiger partial charge in [0, 0.05) is 37.2 Å². The van der Waals surface area contributed by atoms with Crippen molar-refractivity contribution < 1.29 is 0 Å². The Morgan fingerprint density at radius 3 is 2.71 bits per heavy atom. The summed E-state index contributed by atoms with van der Waals surface area (Å²) in [6.45, 7) is 5.41. The molecule has 1 aromatic carbocycles. The molecular weight excluding hydrogens is 316 g/mol. The molecule has 2 aliphatic heterocycles. The second kappa shape index (κ2) is 7.01. The second-order valence-electron chi connectivity index (χ2n) is 6.60. The molecule has 1 unspecified atom stereocenters. The van der Waals surface area contributed by atoms with Gasteiger partial charge in [-0.2, -0.15) is 11.8 Å². The van der Waals surface area contributed by atoms with E-state index in [-0.39, 0.29) is 0 Å². The molecule has 0 spiro atoms. The molecule has 2 saturated heterocycles. The van der Waals surface area contributed by atoms with Crippen LogP contribution in [0, 0.1) is 6.92 Å². The van der Waals surface area contributed by atoms with Crippen molar-refractivity contribution in [2.75, 3.05) is 40.9 Å². The average molecular weight is 340 g/mol. The lowest BCUT2D eigenvalue weighted by Gasteiger charge is -2.30. The number of hydrogen-bond donors (Lipinski definition) is 0. The first-order chi connectivity index (χ1) is 11.8. The average Bonchev–Trinajstić information content (AvgIpc) is 3.12. The van der Waals surface area contributed by atoms with Crippen LogP contribution in [0.25, 0.3) is 0 Å². The predicted octanol–water partition coefficient (Wildman–Crippen LogP) is 3.68. The fraction of sp³-hybridized carbons (Fsp3) is 0.474. The Hall–Kier alpha value is -1.75. The van der Waals surface area contributed by atoms with E-state index in [1.807, 2.05) is 11.8 Å². The molecule has 2 aromatic rings. The van der Waals surface area contributed by atoms with Crippen molar-refractivity contribution in [3.05, 3.63) is 47.8 Å². The number of aromatic nitrogens is 2. The van der Waals surface area contributed by atoms with E-state index in [2.05, 4.69) is 57.0 Å². The Balaban J connectivity index is 1.60. The SMILES string of the molecule is Cc1cccc(C2CCCN2c2cc(N3CCSCC3)ncn2)c1. The lowest BCUT2D eigenvalue weighted by atomic mass is 10.0. The minimum absolute atomic E-state index is 0.435. The number of anilines is 2. The zero-order chi connectivity index (χ0) is 16.4. The smallest absolute Gasteiger partial charge is 0.134 e. The highest BCUT2D eigenvalue weighted by molar-refractivity contribution is 7.99. The van der Waals surface area contributed by atoms with Crippen molar-refractivity contribution >= 4 is 23.4 Å². The van der Waals surface area contributed by atoms with Crippen LogP contribution in [0.1, 0.15) is 30.0 Å². The van der Waals surface area contributed by atoms with Crippen LogP contribution in [0.15, 0.2) is 36.7 Å². The molecular formula is C19H24N4S. The van der Waals surface area contributed by atoms with E-state index in [1.54, 1.807) is 6.33 Å². The van der Waals surface area contributed by atoms with Gasteiger partial charge < -0.3 is 9.80 Å². The fourth-order valence-corrected chi connectivity index (χ4v) is 4.63. The van der Waals surface area contributed by atoms with E-state index in [0.717, 1.165) is 31.3 Å². The number of thioether (sulfide) groups is 1. The summed E-state index contributed by atoms with van der Waals surface area (Å²) in [5.74, 6) is 4.53. The number of aryl methyl sites for hydroxylation is 1. The van der Waals surface area contributed by atoms with Gasteiger partial charge in [0.2, 0.25) is 0 Å². The molecule has 24 heavy (non-hydrogen) atoms.